The van der Waals surface area contributed by atoms with Gasteiger partial charge in [-0.05, 0) is 13.3 Å². The predicted octanol–water partition coefficient (Wildman–Crippen LogP) is 2.84. The van der Waals surface area contributed by atoms with Gasteiger partial charge in [-0.3, -0.25) is 5.10 Å². The van der Waals surface area contributed by atoms with Crippen LogP contribution in [0.4, 0.5) is 5.82 Å². The summed E-state index contributed by atoms with van der Waals surface area (Å²) in [7, 11) is 0. The van der Waals surface area contributed by atoms with E-state index in [0.717, 1.165) is 36.5 Å². The fraction of sp³-hybridized carbons (Fsp3) is 0.636. The van der Waals surface area contributed by atoms with E-state index in [9.17, 15) is 0 Å². The number of hydrogen-bond donors (Lipinski definition) is 1. The highest BCUT2D eigenvalue weighted by atomic mass is 16.5. The van der Waals surface area contributed by atoms with Crippen LogP contribution in [0.5, 0.6) is 0 Å². The normalized spacial score (nSPS) is 11.8. The summed E-state index contributed by atoms with van der Waals surface area (Å²) in [6.45, 7) is 6.79. The second-order valence-electron chi connectivity index (χ2n) is 3.29. The number of aromatic nitrogens is 2. The lowest BCUT2D eigenvalue weighted by Gasteiger charge is -2.04. The predicted molar refractivity (Wildman–Crippen MR) is 61.6 cm³/mol. The monoisotopic (exact) mass is 209 g/mol. The molecule has 0 fully saturated rings. The molecule has 4 heteroatoms. The minimum atomic E-state index is 0.657. The van der Waals surface area contributed by atoms with Crippen LogP contribution in [-0.4, -0.2) is 22.7 Å². The number of ether oxygens (including phenoxy) is 1. The van der Waals surface area contributed by atoms with Crippen molar-refractivity contribution in [1.29, 1.82) is 0 Å². The molecule has 0 aliphatic heterocycles. The molecule has 0 unspecified atom stereocenters. The highest BCUT2D eigenvalue weighted by molar-refractivity contribution is 5.78. The molecule has 0 bridgehead atoms. The van der Waals surface area contributed by atoms with Crippen LogP contribution in [0.2, 0.25) is 0 Å². The van der Waals surface area contributed by atoms with Crippen LogP contribution < -0.4 is 0 Å². The standard InChI is InChI=1S/C11H19N3O/c1-4-7-9-8-12-14-11(9)13-10(5-2)15-6-3/h8H,4-7H2,1-3H3,(H,12,14)/b13-10+. The largest absolute Gasteiger partial charge is 0.481 e. The van der Waals surface area contributed by atoms with E-state index in [4.69, 9.17) is 4.74 Å². The Bertz CT molecular complexity index is 317. The first kappa shape index (κ1) is 11.8. The van der Waals surface area contributed by atoms with Gasteiger partial charge in [-0.15, -0.1) is 0 Å². The van der Waals surface area contributed by atoms with Crippen molar-refractivity contribution in [3.63, 3.8) is 0 Å². The van der Waals surface area contributed by atoms with E-state index in [2.05, 4.69) is 22.1 Å². The van der Waals surface area contributed by atoms with E-state index in [1.165, 1.54) is 0 Å². The molecular weight excluding hydrogens is 190 g/mol. The third-order valence-electron chi connectivity index (χ3n) is 2.06. The van der Waals surface area contributed by atoms with Crippen LogP contribution in [0.3, 0.4) is 0 Å². The summed E-state index contributed by atoms with van der Waals surface area (Å²) in [6, 6.07) is 0. The fourth-order valence-electron chi connectivity index (χ4n) is 1.36. The van der Waals surface area contributed by atoms with E-state index < -0.39 is 0 Å². The van der Waals surface area contributed by atoms with Crippen LogP contribution in [0, 0.1) is 0 Å². The third-order valence-corrected chi connectivity index (χ3v) is 2.06. The van der Waals surface area contributed by atoms with Crippen LogP contribution in [0.25, 0.3) is 0 Å². The Morgan fingerprint density at radius 3 is 2.87 bits per heavy atom. The topological polar surface area (TPSA) is 50.3 Å². The van der Waals surface area contributed by atoms with Crippen molar-refractivity contribution in [2.75, 3.05) is 6.61 Å². The number of aromatic amines is 1. The van der Waals surface area contributed by atoms with E-state index in [1.54, 1.807) is 0 Å². The van der Waals surface area contributed by atoms with E-state index in [1.807, 2.05) is 20.0 Å². The van der Waals surface area contributed by atoms with Crippen molar-refractivity contribution >= 4 is 11.7 Å². The summed E-state index contributed by atoms with van der Waals surface area (Å²) in [5.41, 5.74) is 1.16. The summed E-state index contributed by atoms with van der Waals surface area (Å²) in [4.78, 5) is 4.42. The summed E-state index contributed by atoms with van der Waals surface area (Å²) in [6.07, 6.45) is 4.73. The maximum Gasteiger partial charge on any atom is 0.189 e. The lowest BCUT2D eigenvalue weighted by molar-refractivity contribution is 0.319. The molecule has 1 rings (SSSR count). The van der Waals surface area contributed by atoms with Crippen molar-refractivity contribution in [2.24, 2.45) is 4.99 Å². The second-order valence-corrected chi connectivity index (χ2v) is 3.29. The minimum Gasteiger partial charge on any atom is -0.481 e. The van der Waals surface area contributed by atoms with Gasteiger partial charge >= 0.3 is 0 Å². The maximum absolute atomic E-state index is 5.40. The second kappa shape index (κ2) is 6.22. The zero-order chi connectivity index (χ0) is 11.1. The first-order valence-corrected chi connectivity index (χ1v) is 5.54. The van der Waals surface area contributed by atoms with Crippen molar-refractivity contribution in [3.05, 3.63) is 11.8 Å². The zero-order valence-corrected chi connectivity index (χ0v) is 9.71. The van der Waals surface area contributed by atoms with E-state index >= 15 is 0 Å². The number of aryl methyl sites for hydroxylation is 1. The van der Waals surface area contributed by atoms with Gasteiger partial charge in [0.1, 0.15) is 0 Å². The van der Waals surface area contributed by atoms with Gasteiger partial charge < -0.3 is 4.74 Å². The molecule has 0 aliphatic carbocycles. The van der Waals surface area contributed by atoms with E-state index in [-0.39, 0.29) is 0 Å². The lowest BCUT2D eigenvalue weighted by atomic mass is 10.2. The lowest BCUT2D eigenvalue weighted by Crippen LogP contribution is -2.02. The molecule has 0 spiro atoms. The van der Waals surface area contributed by atoms with Gasteiger partial charge in [0.25, 0.3) is 0 Å². The molecule has 15 heavy (non-hydrogen) atoms. The highest BCUT2D eigenvalue weighted by Crippen LogP contribution is 2.17. The van der Waals surface area contributed by atoms with E-state index in [0.29, 0.717) is 6.61 Å². The van der Waals surface area contributed by atoms with Gasteiger partial charge in [-0.1, -0.05) is 20.3 Å². The quantitative estimate of drug-likeness (QED) is 0.598. The van der Waals surface area contributed by atoms with Crippen molar-refractivity contribution in [1.82, 2.24) is 10.2 Å². The van der Waals surface area contributed by atoms with Crippen LogP contribution in [-0.2, 0) is 11.2 Å². The highest BCUT2D eigenvalue weighted by Gasteiger charge is 2.04. The third kappa shape index (κ3) is 3.38. The molecule has 0 amide bonds. The molecule has 0 saturated heterocycles. The SMILES string of the molecule is CCCc1cn[nH]c1/N=C(\CC)OCC. The number of nitrogens with zero attached hydrogens (tertiary/aromatic N) is 2. The molecule has 84 valence electrons. The van der Waals surface area contributed by atoms with Gasteiger partial charge in [-0.2, -0.15) is 10.1 Å². The van der Waals surface area contributed by atoms with Crippen molar-refractivity contribution < 1.29 is 4.74 Å². The fourth-order valence-corrected chi connectivity index (χ4v) is 1.36. The molecule has 1 heterocycles. The number of nitrogens with one attached hydrogen (secondary N) is 1. The Hall–Kier alpha value is -1.32. The van der Waals surface area contributed by atoms with Crippen LogP contribution in [0.1, 0.15) is 39.2 Å². The molecule has 0 atom stereocenters. The first-order chi connectivity index (χ1) is 7.31. The molecule has 1 aromatic rings. The number of hydrogen-bond acceptors (Lipinski definition) is 3. The Balaban J connectivity index is 2.80. The molecule has 0 aliphatic rings. The Kier molecular flexibility index (Phi) is 4.87. The minimum absolute atomic E-state index is 0.657. The summed E-state index contributed by atoms with van der Waals surface area (Å²) < 4.78 is 5.40. The Labute approximate surface area is 90.8 Å². The molecule has 0 saturated carbocycles. The molecule has 0 aromatic carbocycles. The summed E-state index contributed by atoms with van der Waals surface area (Å²) in [5, 5.41) is 6.90. The molecule has 1 aromatic heterocycles. The van der Waals surface area contributed by atoms with Gasteiger partial charge in [-0.25, -0.2) is 0 Å². The van der Waals surface area contributed by atoms with Gasteiger partial charge in [0, 0.05) is 12.0 Å². The average Bonchev–Trinajstić information content (AvgIpc) is 2.66. The van der Waals surface area contributed by atoms with Gasteiger partial charge in [0.2, 0.25) is 0 Å². The number of rotatable bonds is 5. The zero-order valence-electron chi connectivity index (χ0n) is 9.71. The Morgan fingerprint density at radius 1 is 1.47 bits per heavy atom. The average molecular weight is 209 g/mol. The van der Waals surface area contributed by atoms with Crippen molar-refractivity contribution in [2.45, 2.75) is 40.0 Å². The summed E-state index contributed by atoms with van der Waals surface area (Å²) in [5.74, 6) is 1.60. The van der Waals surface area contributed by atoms with Crippen molar-refractivity contribution in [3.8, 4) is 0 Å². The summed E-state index contributed by atoms with van der Waals surface area (Å²) >= 11 is 0. The van der Waals surface area contributed by atoms with Gasteiger partial charge in [0.15, 0.2) is 11.7 Å². The number of aliphatic imine (C=N–C) groups is 1. The molecular formula is C11H19N3O. The van der Waals surface area contributed by atoms with Gasteiger partial charge in [0.05, 0.1) is 12.8 Å². The Morgan fingerprint density at radius 2 is 2.27 bits per heavy atom. The van der Waals surface area contributed by atoms with Crippen LogP contribution in [0.15, 0.2) is 11.2 Å². The molecule has 4 nitrogen and oxygen atoms in total. The molecule has 0 radical (unpaired) electrons. The number of H-pyrrole nitrogens is 1. The molecule has 1 N–H and O–H groups in total. The maximum atomic E-state index is 5.40. The van der Waals surface area contributed by atoms with Crippen LogP contribution >= 0.6 is 0 Å². The smallest absolute Gasteiger partial charge is 0.189 e. The first-order valence-electron chi connectivity index (χ1n) is 5.54.